The number of carbonyl (C=O) groups is 1. The van der Waals surface area contributed by atoms with E-state index in [1.165, 1.54) is 32.1 Å². The molecule has 4 heteroatoms. The fourth-order valence-corrected chi connectivity index (χ4v) is 2.50. The highest BCUT2D eigenvalue weighted by molar-refractivity contribution is 5.77. The molecule has 1 aliphatic heterocycles. The summed E-state index contributed by atoms with van der Waals surface area (Å²) in [5, 5.41) is 3.02. The van der Waals surface area contributed by atoms with Crippen LogP contribution in [-0.4, -0.2) is 43.0 Å². The first-order valence-electron chi connectivity index (χ1n) is 7.97. The van der Waals surface area contributed by atoms with Crippen molar-refractivity contribution in [2.24, 2.45) is 5.73 Å². The molecule has 0 aromatic carbocycles. The summed E-state index contributed by atoms with van der Waals surface area (Å²) in [5.74, 6) is 0.170. The average Bonchev–Trinajstić information content (AvgIpc) is 2.40. The number of rotatable bonds is 9. The van der Waals surface area contributed by atoms with E-state index in [-0.39, 0.29) is 5.91 Å². The topological polar surface area (TPSA) is 58.4 Å². The molecule has 1 amide bonds. The average molecular weight is 269 g/mol. The summed E-state index contributed by atoms with van der Waals surface area (Å²) >= 11 is 0. The molecule has 0 spiro atoms. The summed E-state index contributed by atoms with van der Waals surface area (Å²) in [7, 11) is 0. The lowest BCUT2D eigenvalue weighted by Gasteiger charge is -2.29. The van der Waals surface area contributed by atoms with Crippen LogP contribution >= 0.6 is 0 Å². The third-order valence-corrected chi connectivity index (χ3v) is 3.85. The Bertz CT molecular complexity index is 238. The molecule has 1 saturated heterocycles. The molecule has 1 aliphatic rings. The SMILES string of the molecule is CCCCCCCCNC(=O)CN1CCC(N)CC1. The molecular formula is C15H31N3O. The van der Waals surface area contributed by atoms with E-state index < -0.39 is 0 Å². The van der Waals surface area contributed by atoms with Gasteiger partial charge in [-0.3, -0.25) is 9.69 Å². The van der Waals surface area contributed by atoms with Crippen LogP contribution in [0.15, 0.2) is 0 Å². The molecule has 0 unspecified atom stereocenters. The Balaban J connectivity index is 1.93. The van der Waals surface area contributed by atoms with Gasteiger partial charge in [-0.05, 0) is 19.3 Å². The Morgan fingerprint density at radius 2 is 1.79 bits per heavy atom. The second kappa shape index (κ2) is 10.2. The zero-order valence-electron chi connectivity index (χ0n) is 12.5. The van der Waals surface area contributed by atoms with Crippen molar-refractivity contribution < 1.29 is 4.79 Å². The molecule has 0 aliphatic carbocycles. The summed E-state index contributed by atoms with van der Waals surface area (Å²) in [6.07, 6.45) is 9.64. The van der Waals surface area contributed by atoms with Gasteiger partial charge in [0.1, 0.15) is 0 Å². The number of hydrogen-bond donors (Lipinski definition) is 2. The van der Waals surface area contributed by atoms with Crippen LogP contribution in [0.2, 0.25) is 0 Å². The second-order valence-electron chi connectivity index (χ2n) is 5.73. The van der Waals surface area contributed by atoms with E-state index in [0.717, 1.165) is 38.9 Å². The number of unbranched alkanes of at least 4 members (excludes halogenated alkanes) is 5. The van der Waals surface area contributed by atoms with Crippen LogP contribution in [0.25, 0.3) is 0 Å². The first-order valence-corrected chi connectivity index (χ1v) is 7.97. The third-order valence-electron chi connectivity index (χ3n) is 3.85. The van der Waals surface area contributed by atoms with E-state index in [2.05, 4.69) is 17.1 Å². The number of likely N-dealkylation sites (tertiary alicyclic amines) is 1. The van der Waals surface area contributed by atoms with Crippen LogP contribution < -0.4 is 11.1 Å². The fourth-order valence-electron chi connectivity index (χ4n) is 2.50. The van der Waals surface area contributed by atoms with Crippen molar-refractivity contribution in [2.75, 3.05) is 26.2 Å². The van der Waals surface area contributed by atoms with Crippen molar-refractivity contribution in [3.05, 3.63) is 0 Å². The molecule has 1 rings (SSSR count). The number of hydrogen-bond acceptors (Lipinski definition) is 3. The Kier molecular flexibility index (Phi) is 8.84. The van der Waals surface area contributed by atoms with Gasteiger partial charge < -0.3 is 11.1 Å². The standard InChI is InChI=1S/C15H31N3O/c1-2-3-4-5-6-7-10-17-15(19)13-18-11-8-14(16)9-12-18/h14H,2-13,16H2,1H3,(H,17,19). The molecule has 4 nitrogen and oxygen atoms in total. The lowest BCUT2D eigenvalue weighted by molar-refractivity contribution is -0.122. The van der Waals surface area contributed by atoms with Gasteiger partial charge in [0.25, 0.3) is 0 Å². The Morgan fingerprint density at radius 3 is 2.47 bits per heavy atom. The largest absolute Gasteiger partial charge is 0.355 e. The molecular weight excluding hydrogens is 238 g/mol. The number of piperidine rings is 1. The second-order valence-corrected chi connectivity index (χ2v) is 5.73. The monoisotopic (exact) mass is 269 g/mol. The molecule has 1 heterocycles. The number of nitrogens with one attached hydrogen (secondary N) is 1. The lowest BCUT2D eigenvalue weighted by Crippen LogP contribution is -2.44. The summed E-state index contributed by atoms with van der Waals surface area (Å²) in [5.41, 5.74) is 5.85. The predicted octanol–water partition coefficient (Wildman–Crippen LogP) is 1.89. The van der Waals surface area contributed by atoms with Crippen LogP contribution in [0.1, 0.15) is 58.3 Å². The minimum atomic E-state index is 0.170. The maximum absolute atomic E-state index is 11.7. The van der Waals surface area contributed by atoms with E-state index in [0.29, 0.717) is 12.6 Å². The van der Waals surface area contributed by atoms with Gasteiger partial charge in [-0.15, -0.1) is 0 Å². The summed E-state index contributed by atoms with van der Waals surface area (Å²) in [4.78, 5) is 14.0. The number of nitrogens with zero attached hydrogens (tertiary/aromatic N) is 1. The van der Waals surface area contributed by atoms with E-state index in [4.69, 9.17) is 5.73 Å². The minimum absolute atomic E-state index is 0.170. The van der Waals surface area contributed by atoms with E-state index >= 15 is 0 Å². The summed E-state index contributed by atoms with van der Waals surface area (Å²) in [6.45, 7) is 5.53. The van der Waals surface area contributed by atoms with Gasteiger partial charge in [-0.2, -0.15) is 0 Å². The summed E-state index contributed by atoms with van der Waals surface area (Å²) in [6, 6.07) is 0.336. The van der Waals surface area contributed by atoms with Crippen LogP contribution in [0, 0.1) is 0 Å². The summed E-state index contributed by atoms with van der Waals surface area (Å²) < 4.78 is 0. The molecule has 19 heavy (non-hydrogen) atoms. The zero-order chi connectivity index (χ0) is 13.9. The highest BCUT2D eigenvalue weighted by Crippen LogP contribution is 2.07. The molecule has 0 aromatic heterocycles. The van der Waals surface area contributed by atoms with Crippen molar-refractivity contribution in [2.45, 2.75) is 64.3 Å². The maximum Gasteiger partial charge on any atom is 0.234 e. The Hall–Kier alpha value is -0.610. The van der Waals surface area contributed by atoms with Gasteiger partial charge in [0, 0.05) is 25.7 Å². The first-order chi connectivity index (χ1) is 9.22. The maximum atomic E-state index is 11.7. The smallest absolute Gasteiger partial charge is 0.234 e. The van der Waals surface area contributed by atoms with E-state index in [9.17, 15) is 4.79 Å². The Morgan fingerprint density at radius 1 is 1.16 bits per heavy atom. The first kappa shape index (κ1) is 16.4. The van der Waals surface area contributed by atoms with Crippen molar-refractivity contribution >= 4 is 5.91 Å². The lowest BCUT2D eigenvalue weighted by atomic mass is 10.1. The quantitative estimate of drug-likeness (QED) is 0.628. The van der Waals surface area contributed by atoms with Gasteiger partial charge in [-0.1, -0.05) is 39.0 Å². The normalized spacial score (nSPS) is 17.6. The van der Waals surface area contributed by atoms with Gasteiger partial charge >= 0.3 is 0 Å². The molecule has 0 bridgehead atoms. The van der Waals surface area contributed by atoms with Crippen molar-refractivity contribution in [1.82, 2.24) is 10.2 Å². The third kappa shape index (κ3) is 8.22. The van der Waals surface area contributed by atoms with Crippen LogP contribution in [0.5, 0.6) is 0 Å². The molecule has 112 valence electrons. The van der Waals surface area contributed by atoms with Gasteiger partial charge in [0.15, 0.2) is 0 Å². The number of carbonyl (C=O) groups excluding carboxylic acids is 1. The molecule has 0 saturated carbocycles. The van der Waals surface area contributed by atoms with Crippen molar-refractivity contribution in [3.63, 3.8) is 0 Å². The molecule has 1 fully saturated rings. The van der Waals surface area contributed by atoms with Crippen LogP contribution in [0.3, 0.4) is 0 Å². The minimum Gasteiger partial charge on any atom is -0.355 e. The van der Waals surface area contributed by atoms with E-state index in [1.807, 2.05) is 0 Å². The molecule has 0 radical (unpaired) electrons. The van der Waals surface area contributed by atoms with Gasteiger partial charge in [0.2, 0.25) is 5.91 Å². The van der Waals surface area contributed by atoms with Crippen molar-refractivity contribution in [3.8, 4) is 0 Å². The fraction of sp³-hybridized carbons (Fsp3) is 0.933. The zero-order valence-corrected chi connectivity index (χ0v) is 12.5. The highest BCUT2D eigenvalue weighted by atomic mass is 16.2. The molecule has 0 aromatic rings. The van der Waals surface area contributed by atoms with Gasteiger partial charge in [0.05, 0.1) is 6.54 Å². The van der Waals surface area contributed by atoms with Crippen LogP contribution in [0.4, 0.5) is 0 Å². The Labute approximate surface area is 118 Å². The molecule has 3 N–H and O–H groups in total. The van der Waals surface area contributed by atoms with Gasteiger partial charge in [-0.25, -0.2) is 0 Å². The van der Waals surface area contributed by atoms with E-state index in [1.54, 1.807) is 0 Å². The highest BCUT2D eigenvalue weighted by Gasteiger charge is 2.17. The number of nitrogens with two attached hydrogens (primary N) is 1. The number of amides is 1. The van der Waals surface area contributed by atoms with Crippen molar-refractivity contribution in [1.29, 1.82) is 0 Å². The van der Waals surface area contributed by atoms with Crippen LogP contribution in [-0.2, 0) is 4.79 Å². The molecule has 0 atom stereocenters. The predicted molar refractivity (Wildman–Crippen MR) is 80.0 cm³/mol.